The molecule has 8 nitrogen and oxygen atoms in total. The molecule has 148 valence electrons. The SMILES string of the molecule is Cc1ccc(S(=O)(=O)N2CCN(C(=O)COC(=O)[C@H]3CCCO3)CC2)cc1. The zero-order valence-corrected chi connectivity index (χ0v) is 16.1. The first kappa shape index (κ1) is 19.8. The third-order valence-electron chi connectivity index (χ3n) is 4.78. The number of hydrogen-bond acceptors (Lipinski definition) is 6. The Labute approximate surface area is 159 Å². The second-order valence-electron chi connectivity index (χ2n) is 6.71. The molecular weight excluding hydrogens is 372 g/mol. The highest BCUT2D eigenvalue weighted by atomic mass is 32.2. The molecule has 1 atom stereocenters. The van der Waals surface area contributed by atoms with E-state index < -0.39 is 22.1 Å². The fraction of sp³-hybridized carbons (Fsp3) is 0.556. The number of nitrogens with zero attached hydrogens (tertiary/aromatic N) is 2. The van der Waals surface area contributed by atoms with Crippen molar-refractivity contribution in [3.8, 4) is 0 Å². The number of amides is 1. The topological polar surface area (TPSA) is 93.2 Å². The predicted octanol–water partition coefficient (Wildman–Crippen LogP) is 0.550. The van der Waals surface area contributed by atoms with Crippen molar-refractivity contribution >= 4 is 21.9 Å². The van der Waals surface area contributed by atoms with Crippen LogP contribution in [0.25, 0.3) is 0 Å². The van der Waals surface area contributed by atoms with Gasteiger partial charge in [-0.2, -0.15) is 4.31 Å². The molecule has 2 aliphatic heterocycles. The van der Waals surface area contributed by atoms with Gasteiger partial charge in [0.25, 0.3) is 5.91 Å². The van der Waals surface area contributed by atoms with Crippen LogP contribution >= 0.6 is 0 Å². The zero-order chi connectivity index (χ0) is 19.4. The van der Waals surface area contributed by atoms with Crippen LogP contribution in [-0.4, -0.2) is 75.0 Å². The molecule has 0 radical (unpaired) electrons. The third kappa shape index (κ3) is 4.66. The Morgan fingerprint density at radius 2 is 1.81 bits per heavy atom. The van der Waals surface area contributed by atoms with Crippen molar-refractivity contribution in [1.82, 2.24) is 9.21 Å². The average Bonchev–Trinajstić information content (AvgIpc) is 3.21. The Hall–Kier alpha value is -1.97. The summed E-state index contributed by atoms with van der Waals surface area (Å²) in [5, 5.41) is 0. The van der Waals surface area contributed by atoms with E-state index in [1.54, 1.807) is 24.3 Å². The number of carbonyl (C=O) groups is 2. The molecule has 2 saturated heterocycles. The fourth-order valence-corrected chi connectivity index (χ4v) is 4.54. The molecule has 0 aliphatic carbocycles. The van der Waals surface area contributed by atoms with Crippen LogP contribution in [-0.2, 0) is 29.1 Å². The number of piperazine rings is 1. The van der Waals surface area contributed by atoms with Crippen LogP contribution in [0.1, 0.15) is 18.4 Å². The maximum absolute atomic E-state index is 12.7. The molecule has 0 bridgehead atoms. The second kappa shape index (κ2) is 8.37. The number of hydrogen-bond donors (Lipinski definition) is 0. The van der Waals surface area contributed by atoms with Crippen LogP contribution in [0.2, 0.25) is 0 Å². The van der Waals surface area contributed by atoms with E-state index in [1.807, 2.05) is 6.92 Å². The molecule has 0 spiro atoms. The first-order chi connectivity index (χ1) is 12.9. The molecule has 1 aromatic rings. The standard InChI is InChI=1S/C18H24N2O6S/c1-14-4-6-15(7-5-14)27(23,24)20-10-8-19(9-11-20)17(21)13-26-18(22)16-3-2-12-25-16/h4-7,16H,2-3,8-13H2,1H3/t16-/m1/s1. The summed E-state index contributed by atoms with van der Waals surface area (Å²) >= 11 is 0. The molecule has 3 rings (SSSR count). The minimum absolute atomic E-state index is 0.210. The maximum Gasteiger partial charge on any atom is 0.335 e. The normalized spacial score (nSPS) is 21.2. The first-order valence-corrected chi connectivity index (χ1v) is 10.4. The van der Waals surface area contributed by atoms with Crippen molar-refractivity contribution < 1.29 is 27.5 Å². The molecule has 2 fully saturated rings. The fourth-order valence-electron chi connectivity index (χ4n) is 3.12. The molecular formula is C18H24N2O6S. The van der Waals surface area contributed by atoms with E-state index in [2.05, 4.69) is 0 Å². The average molecular weight is 396 g/mol. The van der Waals surface area contributed by atoms with Gasteiger partial charge in [0.15, 0.2) is 12.7 Å². The van der Waals surface area contributed by atoms with Gasteiger partial charge in [0.2, 0.25) is 10.0 Å². The van der Waals surface area contributed by atoms with Gasteiger partial charge in [0, 0.05) is 32.8 Å². The van der Waals surface area contributed by atoms with Crippen LogP contribution in [0, 0.1) is 6.92 Å². The molecule has 1 amide bonds. The molecule has 0 aromatic heterocycles. The van der Waals surface area contributed by atoms with Crippen LogP contribution in [0.3, 0.4) is 0 Å². The smallest absolute Gasteiger partial charge is 0.335 e. The Bertz CT molecular complexity index is 779. The predicted molar refractivity (Wildman–Crippen MR) is 96.5 cm³/mol. The molecule has 2 aliphatic rings. The molecule has 9 heteroatoms. The summed E-state index contributed by atoms with van der Waals surface area (Å²) in [4.78, 5) is 25.8. The van der Waals surface area contributed by atoms with Gasteiger partial charge in [-0.05, 0) is 31.9 Å². The van der Waals surface area contributed by atoms with E-state index >= 15 is 0 Å². The van der Waals surface area contributed by atoms with E-state index in [4.69, 9.17) is 9.47 Å². The van der Waals surface area contributed by atoms with Gasteiger partial charge in [-0.3, -0.25) is 4.79 Å². The summed E-state index contributed by atoms with van der Waals surface area (Å²) in [7, 11) is -3.57. The van der Waals surface area contributed by atoms with E-state index in [-0.39, 0.29) is 43.6 Å². The van der Waals surface area contributed by atoms with E-state index in [9.17, 15) is 18.0 Å². The summed E-state index contributed by atoms with van der Waals surface area (Å²) in [6.45, 7) is 3.03. The number of rotatable bonds is 5. The van der Waals surface area contributed by atoms with Gasteiger partial charge in [0.1, 0.15) is 0 Å². The van der Waals surface area contributed by atoms with Crippen LogP contribution in [0.5, 0.6) is 0 Å². The lowest BCUT2D eigenvalue weighted by Crippen LogP contribution is -2.51. The lowest BCUT2D eigenvalue weighted by atomic mass is 10.2. The largest absolute Gasteiger partial charge is 0.454 e. The van der Waals surface area contributed by atoms with Crippen molar-refractivity contribution in [2.24, 2.45) is 0 Å². The molecule has 0 unspecified atom stereocenters. The number of sulfonamides is 1. The van der Waals surface area contributed by atoms with Crippen LogP contribution in [0.4, 0.5) is 0 Å². The lowest BCUT2D eigenvalue weighted by molar-refractivity contribution is -0.160. The van der Waals surface area contributed by atoms with Crippen molar-refractivity contribution in [3.63, 3.8) is 0 Å². The zero-order valence-electron chi connectivity index (χ0n) is 15.3. The van der Waals surface area contributed by atoms with Crippen LogP contribution in [0.15, 0.2) is 29.2 Å². The highest BCUT2D eigenvalue weighted by Gasteiger charge is 2.31. The molecule has 2 heterocycles. The quantitative estimate of drug-likeness (QED) is 0.675. The number of carbonyl (C=O) groups excluding carboxylic acids is 2. The Kier molecular flexibility index (Phi) is 6.13. The van der Waals surface area contributed by atoms with Gasteiger partial charge in [-0.15, -0.1) is 0 Å². The van der Waals surface area contributed by atoms with E-state index in [0.29, 0.717) is 13.0 Å². The van der Waals surface area contributed by atoms with Crippen LogP contribution < -0.4 is 0 Å². The Morgan fingerprint density at radius 3 is 2.41 bits per heavy atom. The summed E-state index contributed by atoms with van der Waals surface area (Å²) in [5.41, 5.74) is 0.988. The minimum atomic E-state index is -3.57. The number of esters is 1. The van der Waals surface area contributed by atoms with Crippen molar-refractivity contribution in [2.45, 2.75) is 30.8 Å². The highest BCUT2D eigenvalue weighted by Crippen LogP contribution is 2.18. The van der Waals surface area contributed by atoms with Gasteiger partial charge in [0.05, 0.1) is 4.90 Å². The highest BCUT2D eigenvalue weighted by molar-refractivity contribution is 7.89. The Morgan fingerprint density at radius 1 is 1.15 bits per heavy atom. The maximum atomic E-state index is 12.7. The minimum Gasteiger partial charge on any atom is -0.454 e. The van der Waals surface area contributed by atoms with Crippen molar-refractivity contribution in [2.75, 3.05) is 39.4 Å². The number of benzene rings is 1. The molecule has 27 heavy (non-hydrogen) atoms. The van der Waals surface area contributed by atoms with Gasteiger partial charge in [-0.25, -0.2) is 13.2 Å². The monoisotopic (exact) mass is 396 g/mol. The third-order valence-corrected chi connectivity index (χ3v) is 6.69. The van der Waals surface area contributed by atoms with E-state index in [1.165, 1.54) is 9.21 Å². The van der Waals surface area contributed by atoms with Gasteiger partial charge in [-0.1, -0.05) is 17.7 Å². The first-order valence-electron chi connectivity index (χ1n) is 9.01. The van der Waals surface area contributed by atoms with Crippen molar-refractivity contribution in [3.05, 3.63) is 29.8 Å². The Balaban J connectivity index is 1.49. The summed E-state index contributed by atoms with van der Waals surface area (Å²) in [5.74, 6) is -0.838. The van der Waals surface area contributed by atoms with E-state index in [0.717, 1.165) is 12.0 Å². The summed E-state index contributed by atoms with van der Waals surface area (Å²) < 4.78 is 37.0. The second-order valence-corrected chi connectivity index (χ2v) is 8.65. The summed E-state index contributed by atoms with van der Waals surface area (Å²) in [6.07, 6.45) is 0.850. The number of ether oxygens (including phenoxy) is 2. The lowest BCUT2D eigenvalue weighted by Gasteiger charge is -2.33. The van der Waals surface area contributed by atoms with Gasteiger partial charge >= 0.3 is 5.97 Å². The van der Waals surface area contributed by atoms with Crippen molar-refractivity contribution in [1.29, 1.82) is 0 Å². The number of aryl methyl sites for hydroxylation is 1. The van der Waals surface area contributed by atoms with Gasteiger partial charge < -0.3 is 14.4 Å². The molecule has 0 saturated carbocycles. The molecule has 1 aromatic carbocycles. The molecule has 0 N–H and O–H groups in total. The summed E-state index contributed by atoms with van der Waals surface area (Å²) in [6, 6.07) is 6.70.